The number of aryl methyl sites for hydroxylation is 3. The van der Waals surface area contributed by atoms with Crippen LogP contribution in [0.2, 0.25) is 0 Å². The van der Waals surface area contributed by atoms with Gasteiger partial charge in [-0.05, 0) is 58.1 Å². The van der Waals surface area contributed by atoms with Crippen molar-refractivity contribution < 1.29 is 9.53 Å². The third-order valence-electron chi connectivity index (χ3n) is 5.17. The second kappa shape index (κ2) is 9.40. The molecule has 1 aromatic carbocycles. The fraction of sp³-hybridized carbons (Fsp3) is 0.409. The van der Waals surface area contributed by atoms with Crippen LogP contribution in [0.5, 0.6) is 5.75 Å². The summed E-state index contributed by atoms with van der Waals surface area (Å²) in [6, 6.07) is 7.98. The highest BCUT2D eigenvalue weighted by atomic mass is 32.1. The standard InChI is InChI=1S/C22H29N5O2S/c1-13-14(2)30-22-20(13)21(25-15(3)26-22)24-12-19(28)23-11-18(27(4)5)16-7-9-17(29-6)10-8-16/h7-10,18H,11-12H2,1-6H3,(H,23,28)(H,24,25,26). The molecule has 1 unspecified atom stereocenters. The number of nitrogens with one attached hydrogen (secondary N) is 2. The van der Waals surface area contributed by atoms with Crippen molar-refractivity contribution in [3.05, 3.63) is 46.1 Å². The molecule has 3 aromatic rings. The van der Waals surface area contributed by atoms with Crippen LogP contribution in [0.3, 0.4) is 0 Å². The Morgan fingerprint density at radius 2 is 1.87 bits per heavy atom. The fourth-order valence-electron chi connectivity index (χ4n) is 3.35. The number of ether oxygens (including phenoxy) is 1. The number of amides is 1. The zero-order valence-electron chi connectivity index (χ0n) is 18.4. The predicted molar refractivity (Wildman–Crippen MR) is 123 cm³/mol. The van der Waals surface area contributed by atoms with Crippen LogP contribution in [0, 0.1) is 20.8 Å². The van der Waals surface area contributed by atoms with E-state index in [-0.39, 0.29) is 18.5 Å². The summed E-state index contributed by atoms with van der Waals surface area (Å²) in [7, 11) is 5.65. The lowest BCUT2D eigenvalue weighted by Gasteiger charge is -2.25. The summed E-state index contributed by atoms with van der Waals surface area (Å²) >= 11 is 1.65. The smallest absolute Gasteiger partial charge is 0.239 e. The maximum atomic E-state index is 12.5. The van der Waals surface area contributed by atoms with Crippen LogP contribution in [0.15, 0.2) is 24.3 Å². The molecule has 160 valence electrons. The first kappa shape index (κ1) is 22.0. The van der Waals surface area contributed by atoms with Crippen molar-refractivity contribution in [2.24, 2.45) is 0 Å². The Hall–Kier alpha value is -2.71. The van der Waals surface area contributed by atoms with E-state index in [1.165, 1.54) is 4.88 Å². The van der Waals surface area contributed by atoms with Crippen LogP contribution >= 0.6 is 11.3 Å². The number of likely N-dealkylation sites (N-methyl/N-ethyl adjacent to an activating group) is 1. The number of carbonyl (C=O) groups is 1. The molecule has 0 bridgehead atoms. The van der Waals surface area contributed by atoms with E-state index in [0.29, 0.717) is 18.2 Å². The summed E-state index contributed by atoms with van der Waals surface area (Å²) < 4.78 is 5.23. The molecule has 0 radical (unpaired) electrons. The molecule has 0 spiro atoms. The number of benzene rings is 1. The van der Waals surface area contributed by atoms with Crippen LogP contribution in [0.4, 0.5) is 5.82 Å². The van der Waals surface area contributed by atoms with E-state index in [1.54, 1.807) is 18.4 Å². The van der Waals surface area contributed by atoms with E-state index in [9.17, 15) is 4.79 Å². The molecule has 3 rings (SSSR count). The number of rotatable bonds is 8. The zero-order chi connectivity index (χ0) is 21.8. The number of carbonyl (C=O) groups excluding carboxylic acids is 1. The van der Waals surface area contributed by atoms with Crippen molar-refractivity contribution >= 4 is 33.3 Å². The quantitative estimate of drug-likeness (QED) is 0.573. The average molecular weight is 428 g/mol. The number of nitrogens with zero attached hydrogens (tertiary/aromatic N) is 3. The second-order valence-electron chi connectivity index (χ2n) is 7.49. The number of aromatic nitrogens is 2. The van der Waals surface area contributed by atoms with Gasteiger partial charge in [0.25, 0.3) is 0 Å². The van der Waals surface area contributed by atoms with Gasteiger partial charge in [-0.15, -0.1) is 11.3 Å². The molecule has 0 aliphatic heterocycles. The SMILES string of the molecule is COc1ccc(C(CNC(=O)CNc2nc(C)nc3sc(C)c(C)c23)N(C)C)cc1. The molecule has 1 amide bonds. The Balaban J connectivity index is 1.64. The van der Waals surface area contributed by atoms with Gasteiger partial charge in [0.1, 0.15) is 22.2 Å². The van der Waals surface area contributed by atoms with Gasteiger partial charge in [-0.3, -0.25) is 4.79 Å². The van der Waals surface area contributed by atoms with Crippen LogP contribution in [0.25, 0.3) is 10.2 Å². The van der Waals surface area contributed by atoms with Gasteiger partial charge in [0.15, 0.2) is 0 Å². The zero-order valence-corrected chi connectivity index (χ0v) is 19.2. The predicted octanol–water partition coefficient (Wildman–Crippen LogP) is 3.46. The first-order valence-corrected chi connectivity index (χ1v) is 10.7. The highest BCUT2D eigenvalue weighted by Crippen LogP contribution is 2.33. The molecular weight excluding hydrogens is 398 g/mol. The maximum Gasteiger partial charge on any atom is 0.239 e. The second-order valence-corrected chi connectivity index (χ2v) is 8.70. The number of fused-ring (bicyclic) bond motifs is 1. The number of anilines is 1. The van der Waals surface area contributed by atoms with Crippen molar-refractivity contribution in [1.29, 1.82) is 0 Å². The molecule has 0 saturated heterocycles. The topological polar surface area (TPSA) is 79.4 Å². The van der Waals surface area contributed by atoms with Crippen molar-refractivity contribution in [2.45, 2.75) is 26.8 Å². The van der Waals surface area contributed by atoms with E-state index in [1.807, 2.05) is 45.3 Å². The largest absolute Gasteiger partial charge is 0.497 e. The third kappa shape index (κ3) is 4.88. The van der Waals surface area contributed by atoms with Gasteiger partial charge >= 0.3 is 0 Å². The molecule has 0 saturated carbocycles. The van der Waals surface area contributed by atoms with Gasteiger partial charge in [0, 0.05) is 11.4 Å². The molecule has 2 N–H and O–H groups in total. The van der Waals surface area contributed by atoms with Gasteiger partial charge < -0.3 is 20.3 Å². The molecule has 7 nitrogen and oxygen atoms in total. The summed E-state index contributed by atoms with van der Waals surface area (Å²) in [6.07, 6.45) is 0. The number of hydrogen-bond acceptors (Lipinski definition) is 7. The summed E-state index contributed by atoms with van der Waals surface area (Å²) in [4.78, 5) is 25.8. The first-order valence-electron chi connectivity index (χ1n) is 9.85. The van der Waals surface area contributed by atoms with Gasteiger partial charge in [-0.1, -0.05) is 12.1 Å². The van der Waals surface area contributed by atoms with E-state index in [4.69, 9.17) is 4.74 Å². The molecule has 1 atom stereocenters. The summed E-state index contributed by atoms with van der Waals surface area (Å²) in [6.45, 7) is 6.67. The van der Waals surface area contributed by atoms with Gasteiger partial charge in [0.2, 0.25) is 5.91 Å². The van der Waals surface area contributed by atoms with Crippen LogP contribution in [0.1, 0.15) is 27.9 Å². The lowest BCUT2D eigenvalue weighted by Crippen LogP contribution is -2.37. The monoisotopic (exact) mass is 427 g/mol. The van der Waals surface area contributed by atoms with Crippen molar-refractivity contribution in [3.63, 3.8) is 0 Å². The molecule has 2 aromatic heterocycles. The van der Waals surface area contributed by atoms with Crippen LogP contribution in [-0.4, -0.2) is 55.1 Å². The molecule has 8 heteroatoms. The summed E-state index contributed by atoms with van der Waals surface area (Å²) in [5.41, 5.74) is 2.27. The van der Waals surface area contributed by atoms with E-state index < -0.39 is 0 Å². The number of hydrogen-bond donors (Lipinski definition) is 2. The normalized spacial score (nSPS) is 12.2. The molecule has 0 aliphatic rings. The minimum Gasteiger partial charge on any atom is -0.497 e. The lowest BCUT2D eigenvalue weighted by atomic mass is 10.1. The minimum absolute atomic E-state index is 0.0645. The Morgan fingerprint density at radius 1 is 1.17 bits per heavy atom. The van der Waals surface area contributed by atoms with Gasteiger partial charge in [-0.2, -0.15) is 0 Å². The molecule has 0 aliphatic carbocycles. The van der Waals surface area contributed by atoms with E-state index in [2.05, 4.69) is 39.3 Å². The van der Waals surface area contributed by atoms with E-state index >= 15 is 0 Å². The molecule has 0 fully saturated rings. The summed E-state index contributed by atoms with van der Waals surface area (Å²) in [5.74, 6) is 2.15. The van der Waals surface area contributed by atoms with Crippen LogP contribution < -0.4 is 15.4 Å². The molecule has 2 heterocycles. The number of thiophene rings is 1. The lowest BCUT2D eigenvalue weighted by molar-refractivity contribution is -0.119. The maximum absolute atomic E-state index is 12.5. The minimum atomic E-state index is -0.0793. The Labute approximate surface area is 181 Å². The van der Waals surface area contributed by atoms with Gasteiger partial charge in [-0.25, -0.2) is 9.97 Å². The van der Waals surface area contributed by atoms with Crippen molar-refractivity contribution in [1.82, 2.24) is 20.2 Å². The first-order chi connectivity index (χ1) is 14.3. The Morgan fingerprint density at radius 3 is 2.50 bits per heavy atom. The molecule has 30 heavy (non-hydrogen) atoms. The summed E-state index contributed by atoms with van der Waals surface area (Å²) in [5, 5.41) is 7.23. The highest BCUT2D eigenvalue weighted by Gasteiger charge is 2.17. The van der Waals surface area contributed by atoms with Crippen molar-refractivity contribution in [3.8, 4) is 5.75 Å². The fourth-order valence-corrected chi connectivity index (χ4v) is 4.42. The Bertz CT molecular complexity index is 1030. The van der Waals surface area contributed by atoms with E-state index in [0.717, 1.165) is 27.1 Å². The third-order valence-corrected chi connectivity index (χ3v) is 6.27. The van der Waals surface area contributed by atoms with Gasteiger partial charge in [0.05, 0.1) is 25.1 Å². The van der Waals surface area contributed by atoms with Crippen molar-refractivity contribution in [2.75, 3.05) is 39.6 Å². The number of methoxy groups -OCH3 is 1. The Kier molecular flexibility index (Phi) is 6.89. The molecular formula is C22H29N5O2S. The highest BCUT2D eigenvalue weighted by molar-refractivity contribution is 7.18. The average Bonchev–Trinajstić information content (AvgIpc) is 3.00. The van der Waals surface area contributed by atoms with Crippen LogP contribution in [-0.2, 0) is 4.79 Å².